The highest BCUT2D eigenvalue weighted by Crippen LogP contribution is 2.35. The van der Waals surface area contributed by atoms with E-state index in [2.05, 4.69) is 11.4 Å². The van der Waals surface area contributed by atoms with Crippen LogP contribution in [0.4, 0.5) is 0 Å². The summed E-state index contributed by atoms with van der Waals surface area (Å²) in [4.78, 5) is 17.9. The van der Waals surface area contributed by atoms with Crippen LogP contribution in [-0.2, 0) is 25.2 Å². The first-order valence-corrected chi connectivity index (χ1v) is 14.5. The van der Waals surface area contributed by atoms with Crippen LogP contribution in [0.5, 0.6) is 0 Å². The van der Waals surface area contributed by atoms with Gasteiger partial charge in [0, 0.05) is 6.61 Å². The Hall–Kier alpha value is -0.750. The molecule has 1 aromatic carbocycles. The monoisotopic (exact) mass is 486 g/mol. The first-order chi connectivity index (χ1) is 16.0. The number of phosphoric acid groups is 1. The molecule has 2 N–H and O–H groups in total. The van der Waals surface area contributed by atoms with Crippen LogP contribution in [0.1, 0.15) is 102 Å². The summed E-state index contributed by atoms with van der Waals surface area (Å²) < 4.78 is 27.1. The molecule has 6 nitrogen and oxygen atoms in total. The zero-order valence-corrected chi connectivity index (χ0v) is 21.6. The standard InChI is InChI=1S/C26H47O6P/c1-2-3-4-5-6-7-8-9-10-11-12-13-14-18-21-31-26(24-32-33(27,28)29)23-30-22-25-19-16-15-17-20-25/h15-17,19-20,26H,2-14,18,21-24H2,1H3,(H2,27,28,29)/t26-/m1/s1. The lowest BCUT2D eigenvalue weighted by atomic mass is 10.0. The second-order valence-electron chi connectivity index (χ2n) is 8.88. The maximum atomic E-state index is 11.0. The molecule has 33 heavy (non-hydrogen) atoms. The topological polar surface area (TPSA) is 85.2 Å². The van der Waals surface area contributed by atoms with Gasteiger partial charge in [-0.3, -0.25) is 4.52 Å². The lowest BCUT2D eigenvalue weighted by molar-refractivity contribution is -0.0464. The van der Waals surface area contributed by atoms with E-state index in [0.717, 1.165) is 18.4 Å². The van der Waals surface area contributed by atoms with E-state index >= 15 is 0 Å². The molecule has 0 fully saturated rings. The quantitative estimate of drug-likeness (QED) is 0.126. The van der Waals surface area contributed by atoms with Gasteiger partial charge in [-0.1, -0.05) is 121 Å². The summed E-state index contributed by atoms with van der Waals surface area (Å²) in [5.74, 6) is 0. The van der Waals surface area contributed by atoms with Crippen molar-refractivity contribution in [2.24, 2.45) is 0 Å². The lowest BCUT2D eigenvalue weighted by Gasteiger charge is -2.18. The molecule has 0 radical (unpaired) electrons. The predicted octanol–water partition coefficient (Wildman–Crippen LogP) is 7.18. The zero-order chi connectivity index (χ0) is 24.0. The van der Waals surface area contributed by atoms with Crippen molar-refractivity contribution in [3.05, 3.63) is 35.9 Å². The van der Waals surface area contributed by atoms with Crippen LogP contribution in [-0.4, -0.2) is 35.7 Å². The molecule has 0 aromatic heterocycles. The fourth-order valence-corrected chi connectivity index (χ4v) is 4.11. The molecule has 0 unspecified atom stereocenters. The van der Waals surface area contributed by atoms with Gasteiger partial charge in [0.2, 0.25) is 0 Å². The molecule has 7 heteroatoms. The Morgan fingerprint density at radius 2 is 1.27 bits per heavy atom. The minimum atomic E-state index is -4.52. The number of benzene rings is 1. The van der Waals surface area contributed by atoms with Crippen LogP contribution < -0.4 is 0 Å². The van der Waals surface area contributed by atoms with Crippen molar-refractivity contribution in [3.8, 4) is 0 Å². The van der Waals surface area contributed by atoms with E-state index in [4.69, 9.17) is 19.3 Å². The molecule has 1 rings (SSSR count). The molecular formula is C26H47O6P. The lowest BCUT2D eigenvalue weighted by Crippen LogP contribution is -2.25. The van der Waals surface area contributed by atoms with Crippen LogP contribution in [0.15, 0.2) is 30.3 Å². The second kappa shape index (κ2) is 20.6. The molecule has 0 amide bonds. The van der Waals surface area contributed by atoms with Gasteiger partial charge >= 0.3 is 7.82 Å². The normalized spacial score (nSPS) is 12.8. The van der Waals surface area contributed by atoms with Gasteiger partial charge in [-0.15, -0.1) is 0 Å². The number of hydrogen-bond acceptors (Lipinski definition) is 4. The van der Waals surface area contributed by atoms with Crippen molar-refractivity contribution < 1.29 is 28.3 Å². The molecule has 1 aromatic rings. The fourth-order valence-electron chi connectivity index (χ4n) is 3.75. The second-order valence-corrected chi connectivity index (χ2v) is 10.1. The van der Waals surface area contributed by atoms with Crippen molar-refractivity contribution in [1.29, 1.82) is 0 Å². The summed E-state index contributed by atoms with van der Waals surface area (Å²) in [6.45, 7) is 3.28. The molecule has 192 valence electrons. The van der Waals surface area contributed by atoms with Crippen LogP contribution in [0.25, 0.3) is 0 Å². The summed E-state index contributed by atoms with van der Waals surface area (Å²) in [7, 11) is -4.52. The number of rotatable bonds is 23. The van der Waals surface area contributed by atoms with Crippen molar-refractivity contribution in [2.45, 2.75) is 110 Å². The molecular weight excluding hydrogens is 439 g/mol. The van der Waals surface area contributed by atoms with E-state index in [0.29, 0.717) is 13.2 Å². The van der Waals surface area contributed by atoms with E-state index in [-0.39, 0.29) is 13.2 Å². The first-order valence-electron chi connectivity index (χ1n) is 12.9. The number of hydrogen-bond donors (Lipinski definition) is 2. The van der Waals surface area contributed by atoms with E-state index in [1.807, 2.05) is 30.3 Å². The van der Waals surface area contributed by atoms with E-state index < -0.39 is 13.9 Å². The summed E-state index contributed by atoms with van der Waals surface area (Å²) in [6.07, 6.45) is 17.7. The van der Waals surface area contributed by atoms with Gasteiger partial charge in [0.15, 0.2) is 0 Å². The Labute approximate surface area is 201 Å². The van der Waals surface area contributed by atoms with Gasteiger partial charge in [-0.2, -0.15) is 0 Å². The third kappa shape index (κ3) is 20.3. The highest BCUT2D eigenvalue weighted by Gasteiger charge is 2.19. The zero-order valence-electron chi connectivity index (χ0n) is 20.7. The van der Waals surface area contributed by atoms with Crippen LogP contribution in [0.2, 0.25) is 0 Å². The highest BCUT2D eigenvalue weighted by molar-refractivity contribution is 7.46. The average Bonchev–Trinajstić information content (AvgIpc) is 2.79. The van der Waals surface area contributed by atoms with Gasteiger partial charge in [0.25, 0.3) is 0 Å². The van der Waals surface area contributed by atoms with Crippen molar-refractivity contribution in [3.63, 3.8) is 0 Å². The summed E-state index contributed by atoms with van der Waals surface area (Å²) in [5.41, 5.74) is 1.04. The van der Waals surface area contributed by atoms with Crippen molar-refractivity contribution >= 4 is 7.82 Å². The maximum Gasteiger partial charge on any atom is 0.469 e. The smallest absolute Gasteiger partial charge is 0.374 e. The maximum absolute atomic E-state index is 11.0. The molecule has 0 spiro atoms. The van der Waals surface area contributed by atoms with E-state index in [1.165, 1.54) is 77.0 Å². The highest BCUT2D eigenvalue weighted by atomic mass is 31.2. The molecule has 1 atom stereocenters. The molecule has 0 bridgehead atoms. The third-order valence-electron chi connectivity index (χ3n) is 5.70. The van der Waals surface area contributed by atoms with Gasteiger partial charge in [0.1, 0.15) is 6.10 Å². The Bertz CT molecular complexity index is 592. The number of unbranched alkanes of at least 4 members (excludes halogenated alkanes) is 13. The molecule has 0 aliphatic heterocycles. The summed E-state index contributed by atoms with van der Waals surface area (Å²) in [6, 6.07) is 9.77. The van der Waals surface area contributed by atoms with Crippen LogP contribution in [0, 0.1) is 0 Å². The van der Waals surface area contributed by atoms with Crippen LogP contribution >= 0.6 is 7.82 Å². The number of ether oxygens (including phenoxy) is 2. The first kappa shape index (κ1) is 30.3. The Morgan fingerprint density at radius 3 is 1.79 bits per heavy atom. The van der Waals surface area contributed by atoms with Gasteiger partial charge in [-0.05, 0) is 12.0 Å². The van der Waals surface area contributed by atoms with Crippen LogP contribution in [0.3, 0.4) is 0 Å². The number of phosphoric ester groups is 1. The predicted molar refractivity (Wildman–Crippen MR) is 134 cm³/mol. The van der Waals surface area contributed by atoms with E-state index in [9.17, 15) is 4.57 Å². The molecule has 0 aliphatic carbocycles. The van der Waals surface area contributed by atoms with Crippen molar-refractivity contribution in [2.75, 3.05) is 19.8 Å². The molecule has 0 heterocycles. The van der Waals surface area contributed by atoms with Crippen molar-refractivity contribution in [1.82, 2.24) is 0 Å². The van der Waals surface area contributed by atoms with Gasteiger partial charge in [-0.25, -0.2) is 4.57 Å². The largest absolute Gasteiger partial charge is 0.469 e. The minimum absolute atomic E-state index is 0.183. The molecule has 0 aliphatic rings. The Morgan fingerprint density at radius 1 is 0.758 bits per heavy atom. The summed E-state index contributed by atoms with van der Waals surface area (Å²) in [5, 5.41) is 0. The molecule has 0 saturated heterocycles. The minimum Gasteiger partial charge on any atom is -0.374 e. The third-order valence-corrected chi connectivity index (χ3v) is 6.18. The van der Waals surface area contributed by atoms with Gasteiger partial charge < -0.3 is 19.3 Å². The van der Waals surface area contributed by atoms with Gasteiger partial charge in [0.05, 0.1) is 19.8 Å². The Kier molecular flexibility index (Phi) is 18.9. The SMILES string of the molecule is CCCCCCCCCCCCCCCCO[C@H](COCc1ccccc1)COP(=O)(O)O. The fraction of sp³-hybridized carbons (Fsp3) is 0.769. The molecule has 0 saturated carbocycles. The Balaban J connectivity index is 2.03. The average molecular weight is 487 g/mol. The summed E-state index contributed by atoms with van der Waals surface area (Å²) >= 11 is 0. The van der Waals surface area contributed by atoms with E-state index in [1.54, 1.807) is 0 Å².